The molecule has 0 aliphatic rings. The maximum absolute atomic E-state index is 11.7. The van der Waals surface area contributed by atoms with Gasteiger partial charge in [0.1, 0.15) is 11.3 Å². The summed E-state index contributed by atoms with van der Waals surface area (Å²) in [6.07, 6.45) is 0. The summed E-state index contributed by atoms with van der Waals surface area (Å²) in [7, 11) is 0. The summed E-state index contributed by atoms with van der Waals surface area (Å²) in [6, 6.07) is 5.03. The van der Waals surface area contributed by atoms with Gasteiger partial charge in [0, 0.05) is 36.3 Å². The van der Waals surface area contributed by atoms with E-state index in [1.807, 2.05) is 22.9 Å². The molecule has 0 radical (unpaired) electrons. The number of benzene rings is 1. The number of rotatable bonds is 5. The third-order valence-corrected chi connectivity index (χ3v) is 2.45. The van der Waals surface area contributed by atoms with Crippen molar-refractivity contribution in [2.24, 2.45) is 0 Å². The Morgan fingerprint density at radius 3 is 2.67 bits per heavy atom. The zero-order chi connectivity index (χ0) is 13.5. The highest BCUT2D eigenvalue weighted by Crippen LogP contribution is 2.22. The lowest BCUT2D eigenvalue weighted by atomic mass is 10.1. The lowest BCUT2D eigenvalue weighted by Crippen LogP contribution is -2.11. The predicted octanol–water partition coefficient (Wildman–Crippen LogP) is 2.23. The Kier molecular flexibility index (Phi) is 6.06. The van der Waals surface area contributed by atoms with Crippen molar-refractivity contribution in [1.82, 2.24) is 3.53 Å². The summed E-state index contributed by atoms with van der Waals surface area (Å²) in [6.45, 7) is 3.89. The van der Waals surface area contributed by atoms with Crippen LogP contribution in [0.3, 0.4) is 0 Å². The lowest BCUT2D eigenvalue weighted by molar-refractivity contribution is -0.131. The van der Waals surface area contributed by atoms with E-state index < -0.39 is 11.9 Å². The van der Waals surface area contributed by atoms with E-state index in [9.17, 15) is 9.59 Å². The number of halogens is 1. The third-order valence-electron chi connectivity index (χ3n) is 2.07. The van der Waals surface area contributed by atoms with Gasteiger partial charge < -0.3 is 9.47 Å². The highest BCUT2D eigenvalue weighted by atomic mass is 127. The topological polar surface area (TPSA) is 64.6 Å². The highest BCUT2D eigenvalue weighted by molar-refractivity contribution is 14.1. The number of nitrogens with one attached hydrogen (secondary N) is 1. The maximum atomic E-state index is 11.7. The van der Waals surface area contributed by atoms with Gasteiger partial charge in [-0.05, 0) is 24.6 Å². The first-order chi connectivity index (χ1) is 8.58. The van der Waals surface area contributed by atoms with Crippen LogP contribution in [0.15, 0.2) is 18.2 Å². The minimum atomic E-state index is -0.497. The Bertz CT molecular complexity index is 448. The minimum Gasteiger partial charge on any atom is -0.462 e. The van der Waals surface area contributed by atoms with Crippen molar-refractivity contribution < 1.29 is 19.1 Å². The molecule has 0 aromatic heterocycles. The molecular weight excluding hydrogens is 349 g/mol. The van der Waals surface area contributed by atoms with Crippen LogP contribution >= 0.6 is 22.9 Å². The van der Waals surface area contributed by atoms with Crippen LogP contribution < -0.4 is 8.27 Å². The summed E-state index contributed by atoms with van der Waals surface area (Å²) in [5, 5.41) is 0. The second-order valence-electron chi connectivity index (χ2n) is 3.46. The fraction of sp³-hybridized carbons (Fsp3) is 0.333. The molecule has 1 aromatic rings. The molecule has 5 nitrogen and oxygen atoms in total. The van der Waals surface area contributed by atoms with E-state index in [-0.39, 0.29) is 17.9 Å². The largest absolute Gasteiger partial charge is 0.462 e. The second-order valence-corrected chi connectivity index (χ2v) is 4.22. The molecule has 0 aliphatic heterocycles. The molecule has 98 valence electrons. The van der Waals surface area contributed by atoms with Crippen LogP contribution in [0.25, 0.3) is 0 Å². The molecule has 0 unspecified atom stereocenters. The van der Waals surface area contributed by atoms with Crippen molar-refractivity contribution in [3.05, 3.63) is 29.3 Å². The van der Waals surface area contributed by atoms with Crippen molar-refractivity contribution in [3.8, 4) is 5.75 Å². The standard InChI is InChI=1S/C12H14INO4/c1-3-17-12(16)10-5-4-9(7-14-13)6-11(10)18-8(2)15/h4-6,14H,3,7H2,1-2H3. The Balaban J connectivity index is 3.07. The molecular formula is C12H14INO4. The molecule has 0 aliphatic carbocycles. The predicted molar refractivity (Wildman–Crippen MR) is 74.6 cm³/mol. The van der Waals surface area contributed by atoms with Gasteiger partial charge in [0.25, 0.3) is 0 Å². The van der Waals surface area contributed by atoms with Gasteiger partial charge >= 0.3 is 11.9 Å². The SMILES string of the molecule is CCOC(=O)c1ccc(CNI)cc1OC(C)=O. The van der Waals surface area contributed by atoms with Gasteiger partial charge in [-0.25, -0.2) is 4.79 Å². The molecule has 6 heteroatoms. The van der Waals surface area contributed by atoms with Gasteiger partial charge in [0.15, 0.2) is 0 Å². The Labute approximate surface area is 119 Å². The lowest BCUT2D eigenvalue weighted by Gasteiger charge is -2.10. The number of hydrogen-bond donors (Lipinski definition) is 1. The van der Waals surface area contributed by atoms with Gasteiger partial charge in [-0.15, -0.1) is 0 Å². The molecule has 0 atom stereocenters. The third kappa shape index (κ3) is 4.26. The van der Waals surface area contributed by atoms with E-state index in [0.717, 1.165) is 5.56 Å². The summed E-state index contributed by atoms with van der Waals surface area (Å²) in [5.41, 5.74) is 1.16. The average Bonchev–Trinajstić information content (AvgIpc) is 2.29. The van der Waals surface area contributed by atoms with Gasteiger partial charge in [-0.2, -0.15) is 0 Å². The van der Waals surface area contributed by atoms with Gasteiger partial charge in [-0.3, -0.25) is 8.32 Å². The quantitative estimate of drug-likeness (QED) is 0.376. The average molecular weight is 363 g/mol. The van der Waals surface area contributed by atoms with Crippen LogP contribution in [-0.2, 0) is 16.1 Å². The second kappa shape index (κ2) is 7.32. The molecule has 1 aromatic carbocycles. The fourth-order valence-electron chi connectivity index (χ4n) is 1.37. The molecule has 0 amide bonds. The smallest absolute Gasteiger partial charge is 0.341 e. The maximum Gasteiger partial charge on any atom is 0.341 e. The zero-order valence-electron chi connectivity index (χ0n) is 10.2. The van der Waals surface area contributed by atoms with E-state index in [1.165, 1.54) is 6.92 Å². The van der Waals surface area contributed by atoms with Gasteiger partial charge in [0.2, 0.25) is 0 Å². The summed E-state index contributed by atoms with van der Waals surface area (Å²) in [5.74, 6) is -0.743. The Hall–Kier alpha value is -1.15. The molecule has 0 saturated carbocycles. The Morgan fingerprint density at radius 1 is 1.39 bits per heavy atom. The van der Waals surface area contributed by atoms with Crippen molar-refractivity contribution in [2.75, 3.05) is 6.61 Å². The van der Waals surface area contributed by atoms with Gasteiger partial charge in [-0.1, -0.05) is 6.07 Å². The van der Waals surface area contributed by atoms with E-state index in [1.54, 1.807) is 25.1 Å². The monoisotopic (exact) mass is 363 g/mol. The normalized spacial score (nSPS) is 9.94. The van der Waals surface area contributed by atoms with Crippen molar-refractivity contribution in [1.29, 1.82) is 0 Å². The molecule has 18 heavy (non-hydrogen) atoms. The molecule has 0 spiro atoms. The minimum absolute atomic E-state index is 0.227. The number of hydrogen-bond acceptors (Lipinski definition) is 5. The fourth-order valence-corrected chi connectivity index (χ4v) is 1.81. The van der Waals surface area contributed by atoms with E-state index >= 15 is 0 Å². The van der Waals surface area contributed by atoms with Crippen LogP contribution in [0.2, 0.25) is 0 Å². The van der Waals surface area contributed by atoms with Crippen LogP contribution in [-0.4, -0.2) is 18.5 Å². The number of esters is 2. The van der Waals surface area contributed by atoms with Crippen molar-refractivity contribution >= 4 is 34.8 Å². The van der Waals surface area contributed by atoms with Crippen LogP contribution in [0.1, 0.15) is 29.8 Å². The van der Waals surface area contributed by atoms with Crippen molar-refractivity contribution in [3.63, 3.8) is 0 Å². The molecule has 0 bridgehead atoms. The van der Waals surface area contributed by atoms with E-state index in [0.29, 0.717) is 6.54 Å². The first-order valence-electron chi connectivity index (χ1n) is 5.40. The van der Waals surface area contributed by atoms with Crippen molar-refractivity contribution in [2.45, 2.75) is 20.4 Å². The van der Waals surface area contributed by atoms with Crippen LogP contribution in [0.4, 0.5) is 0 Å². The van der Waals surface area contributed by atoms with Gasteiger partial charge in [0.05, 0.1) is 6.61 Å². The summed E-state index contributed by atoms with van der Waals surface area (Å²) in [4.78, 5) is 22.7. The van der Waals surface area contributed by atoms with Crippen LogP contribution in [0.5, 0.6) is 5.75 Å². The summed E-state index contributed by atoms with van der Waals surface area (Å²) < 4.78 is 12.9. The molecule has 0 saturated heterocycles. The first kappa shape index (κ1) is 14.9. The van der Waals surface area contributed by atoms with E-state index in [2.05, 4.69) is 3.53 Å². The molecule has 1 rings (SSSR count). The van der Waals surface area contributed by atoms with Crippen LogP contribution in [0, 0.1) is 0 Å². The number of carbonyl (C=O) groups excluding carboxylic acids is 2. The molecule has 0 heterocycles. The van der Waals surface area contributed by atoms with E-state index in [4.69, 9.17) is 9.47 Å². The summed E-state index contributed by atoms with van der Waals surface area (Å²) >= 11 is 2.01. The Morgan fingerprint density at radius 2 is 2.11 bits per heavy atom. The number of ether oxygens (including phenoxy) is 2. The molecule has 1 N–H and O–H groups in total. The zero-order valence-corrected chi connectivity index (χ0v) is 12.3. The first-order valence-corrected chi connectivity index (χ1v) is 6.48. The highest BCUT2D eigenvalue weighted by Gasteiger charge is 2.15. The number of carbonyl (C=O) groups is 2. The molecule has 0 fully saturated rings.